The molecule has 12 heteroatoms. The van der Waals surface area contributed by atoms with Crippen LogP contribution in [0.25, 0.3) is 0 Å². The van der Waals surface area contributed by atoms with Gasteiger partial charge in [-0.05, 0) is 12.1 Å². The van der Waals surface area contributed by atoms with Gasteiger partial charge in [-0.1, -0.05) is 35.7 Å². The summed E-state index contributed by atoms with van der Waals surface area (Å²) >= 11 is 1.36. The smallest absolute Gasteiger partial charge is 0.327 e. The Bertz CT molecular complexity index is 874. The number of carbonyl (C=O) groups excluding carboxylic acids is 5. The number of carbonyl (C=O) groups is 6. The molecule has 0 fully saturated rings. The topological polar surface area (TPSA) is 156 Å². The Morgan fingerprint density at radius 3 is 2.00 bits per heavy atom. The highest BCUT2D eigenvalue weighted by Crippen LogP contribution is 2.24. The third-order valence-corrected chi connectivity index (χ3v) is 5.52. The van der Waals surface area contributed by atoms with Crippen molar-refractivity contribution in [3.63, 3.8) is 0 Å². The van der Waals surface area contributed by atoms with Gasteiger partial charge in [0.25, 0.3) is 0 Å². The maximum Gasteiger partial charge on any atom is 0.327 e. The van der Waals surface area contributed by atoms with E-state index in [0.717, 1.165) is 18.7 Å². The fourth-order valence-electron chi connectivity index (χ4n) is 2.22. The van der Waals surface area contributed by atoms with E-state index in [-0.39, 0.29) is 22.8 Å². The Labute approximate surface area is 186 Å². The number of rotatable bonds is 10. The molecule has 3 N–H and O–H groups in total. The Hall–Kier alpha value is -2.86. The van der Waals surface area contributed by atoms with Crippen molar-refractivity contribution in [2.24, 2.45) is 0 Å². The van der Waals surface area contributed by atoms with Gasteiger partial charge in [-0.15, -0.1) is 0 Å². The summed E-state index contributed by atoms with van der Waals surface area (Å²) in [6.07, 6.45) is 0. The van der Waals surface area contributed by atoms with Gasteiger partial charge in [0, 0.05) is 32.3 Å². The van der Waals surface area contributed by atoms with Gasteiger partial charge >= 0.3 is 11.9 Å². The van der Waals surface area contributed by atoms with Crippen LogP contribution in [0.1, 0.15) is 31.1 Å². The van der Waals surface area contributed by atoms with Crippen molar-refractivity contribution in [2.75, 3.05) is 11.5 Å². The van der Waals surface area contributed by atoms with Crippen LogP contribution in [-0.2, 0) is 24.0 Å². The number of nitrogens with one attached hydrogen (secondary N) is 2. The normalized spacial score (nSPS) is 12.2. The first-order valence-corrected chi connectivity index (χ1v) is 10.9. The van der Waals surface area contributed by atoms with Crippen molar-refractivity contribution >= 4 is 57.5 Å². The molecule has 2 unspecified atom stereocenters. The zero-order chi connectivity index (χ0) is 23.6. The molecule has 31 heavy (non-hydrogen) atoms. The SMILES string of the molecule is CC(=O)NC(CSC(=O)C(CSC(=O)c1ccccc1OC(C)=O)NC(C)=O)C(=O)O. The quantitative estimate of drug-likeness (QED) is 0.331. The summed E-state index contributed by atoms with van der Waals surface area (Å²) in [5, 5.41) is 12.7. The average molecular weight is 471 g/mol. The Morgan fingerprint density at radius 2 is 1.45 bits per heavy atom. The number of thioether (sulfide) groups is 2. The van der Waals surface area contributed by atoms with Gasteiger partial charge in [-0.25, -0.2) is 4.79 Å². The average Bonchev–Trinajstić information content (AvgIpc) is 2.67. The van der Waals surface area contributed by atoms with Crippen LogP contribution < -0.4 is 15.4 Å². The third-order valence-electron chi connectivity index (χ3n) is 3.47. The number of hydrogen-bond acceptors (Lipinski definition) is 9. The summed E-state index contributed by atoms with van der Waals surface area (Å²) in [5.74, 6) is -3.29. The molecule has 1 aromatic carbocycles. The van der Waals surface area contributed by atoms with Gasteiger partial charge in [0.2, 0.25) is 22.0 Å². The van der Waals surface area contributed by atoms with E-state index in [1.165, 1.54) is 26.0 Å². The summed E-state index contributed by atoms with van der Waals surface area (Å²) in [7, 11) is 0. The van der Waals surface area contributed by atoms with Crippen LogP contribution >= 0.6 is 23.5 Å². The molecule has 0 heterocycles. The second kappa shape index (κ2) is 12.7. The van der Waals surface area contributed by atoms with Crippen LogP contribution in [0.2, 0.25) is 0 Å². The summed E-state index contributed by atoms with van der Waals surface area (Å²) in [5.41, 5.74) is 0.126. The van der Waals surface area contributed by atoms with Crippen molar-refractivity contribution in [3.05, 3.63) is 29.8 Å². The van der Waals surface area contributed by atoms with Crippen LogP contribution in [0.4, 0.5) is 0 Å². The molecule has 0 bridgehead atoms. The van der Waals surface area contributed by atoms with E-state index >= 15 is 0 Å². The first kappa shape index (κ1) is 26.2. The maximum absolute atomic E-state index is 12.6. The molecule has 0 radical (unpaired) electrons. The molecule has 2 atom stereocenters. The largest absolute Gasteiger partial charge is 0.480 e. The first-order valence-electron chi connectivity index (χ1n) is 8.89. The number of ether oxygens (including phenoxy) is 1. The molecule has 0 aromatic heterocycles. The van der Waals surface area contributed by atoms with Gasteiger partial charge in [-0.3, -0.25) is 24.0 Å². The molecule has 168 valence electrons. The molecule has 1 aromatic rings. The minimum atomic E-state index is -1.31. The molecule has 0 saturated heterocycles. The van der Waals surface area contributed by atoms with E-state index in [9.17, 15) is 28.8 Å². The number of carboxylic acid groups (broad SMARTS) is 1. The highest BCUT2D eigenvalue weighted by Gasteiger charge is 2.26. The van der Waals surface area contributed by atoms with Crippen molar-refractivity contribution in [3.8, 4) is 5.75 Å². The van der Waals surface area contributed by atoms with Crippen molar-refractivity contribution in [1.82, 2.24) is 10.6 Å². The third kappa shape index (κ3) is 9.66. The number of carboxylic acids is 1. The van der Waals surface area contributed by atoms with Crippen LogP contribution in [0.3, 0.4) is 0 Å². The minimum Gasteiger partial charge on any atom is -0.480 e. The van der Waals surface area contributed by atoms with Crippen molar-refractivity contribution < 1.29 is 38.6 Å². The number of benzene rings is 1. The van der Waals surface area contributed by atoms with Gasteiger partial charge in [-0.2, -0.15) is 0 Å². The first-order chi connectivity index (χ1) is 14.5. The highest BCUT2D eigenvalue weighted by atomic mass is 32.2. The Morgan fingerprint density at radius 1 is 0.903 bits per heavy atom. The zero-order valence-corrected chi connectivity index (χ0v) is 18.6. The lowest BCUT2D eigenvalue weighted by Crippen LogP contribution is -2.44. The predicted molar refractivity (Wildman–Crippen MR) is 115 cm³/mol. The lowest BCUT2D eigenvalue weighted by Gasteiger charge is -2.17. The van der Waals surface area contributed by atoms with Gasteiger partial charge in [0.1, 0.15) is 17.8 Å². The number of hydrogen-bond donors (Lipinski definition) is 3. The van der Waals surface area contributed by atoms with Gasteiger partial charge in [0.15, 0.2) is 0 Å². The maximum atomic E-state index is 12.6. The van der Waals surface area contributed by atoms with E-state index in [2.05, 4.69) is 10.6 Å². The molecule has 0 aliphatic rings. The van der Waals surface area contributed by atoms with Crippen LogP contribution in [0.15, 0.2) is 24.3 Å². The Balaban J connectivity index is 2.82. The van der Waals surface area contributed by atoms with Crippen LogP contribution in [0.5, 0.6) is 5.75 Å². The van der Waals surface area contributed by atoms with Crippen molar-refractivity contribution in [2.45, 2.75) is 32.9 Å². The number of esters is 1. The molecule has 0 saturated carbocycles. The second-order valence-electron chi connectivity index (χ2n) is 6.16. The number of aliphatic carboxylic acids is 1. The molecular weight excluding hydrogens is 448 g/mol. The summed E-state index contributed by atoms with van der Waals surface area (Å²) < 4.78 is 5.00. The van der Waals surface area contributed by atoms with E-state index in [0.29, 0.717) is 11.8 Å². The molecule has 1 rings (SSSR count). The molecule has 0 spiro atoms. The standard InChI is InChI=1S/C19H22N2O8S2/c1-10(22)20-14(17(25)26)8-31-19(28)15(21-11(2)23)9-30-18(27)13-6-4-5-7-16(13)29-12(3)24/h4-7,14-15H,8-9H2,1-3H3,(H,20,22)(H,21,23)(H,25,26). The van der Waals surface area contributed by atoms with Gasteiger partial charge < -0.3 is 20.5 Å². The fourth-order valence-corrected chi connectivity index (χ4v) is 4.10. The van der Waals surface area contributed by atoms with Crippen LogP contribution in [0, 0.1) is 0 Å². The second-order valence-corrected chi connectivity index (χ2v) is 8.18. The lowest BCUT2D eigenvalue weighted by molar-refractivity contribution is -0.140. The minimum absolute atomic E-state index is 0.0730. The fraction of sp³-hybridized carbons (Fsp3) is 0.368. The molecule has 2 amide bonds. The molecule has 0 aliphatic carbocycles. The predicted octanol–water partition coefficient (Wildman–Crippen LogP) is 0.839. The molecule has 10 nitrogen and oxygen atoms in total. The van der Waals surface area contributed by atoms with E-state index in [1.807, 2.05) is 0 Å². The van der Waals surface area contributed by atoms with Crippen molar-refractivity contribution in [1.29, 1.82) is 0 Å². The molecular formula is C19H22N2O8S2. The summed E-state index contributed by atoms with van der Waals surface area (Å²) in [6, 6.07) is 3.73. The zero-order valence-electron chi connectivity index (χ0n) is 17.0. The number of para-hydroxylation sites is 1. The number of amides is 2. The van der Waals surface area contributed by atoms with E-state index in [4.69, 9.17) is 9.84 Å². The van der Waals surface area contributed by atoms with E-state index in [1.54, 1.807) is 12.1 Å². The summed E-state index contributed by atoms with van der Waals surface area (Å²) in [4.78, 5) is 70.0. The van der Waals surface area contributed by atoms with Crippen LogP contribution in [-0.4, -0.2) is 62.7 Å². The van der Waals surface area contributed by atoms with E-state index < -0.39 is 46.1 Å². The monoisotopic (exact) mass is 470 g/mol. The lowest BCUT2D eigenvalue weighted by atomic mass is 10.2. The van der Waals surface area contributed by atoms with Gasteiger partial charge in [0.05, 0.1) is 5.56 Å². The summed E-state index contributed by atoms with van der Waals surface area (Å²) in [6.45, 7) is 3.55. The Kier molecular flexibility index (Phi) is 10.8. The highest BCUT2D eigenvalue weighted by molar-refractivity contribution is 8.15. The molecule has 0 aliphatic heterocycles.